The van der Waals surface area contributed by atoms with Crippen molar-refractivity contribution in [3.63, 3.8) is 0 Å². The van der Waals surface area contributed by atoms with Crippen LogP contribution in [0, 0.1) is 0 Å². The Morgan fingerprint density at radius 2 is 1.84 bits per heavy atom. The van der Waals surface area contributed by atoms with Gasteiger partial charge in [-0.15, -0.1) is 0 Å². The summed E-state index contributed by atoms with van der Waals surface area (Å²) in [5.74, 6) is -0.331. The fourth-order valence-electron chi connectivity index (χ4n) is 4.34. The number of hydrogen-bond acceptors (Lipinski definition) is 4. The number of aromatic nitrogens is 1. The van der Waals surface area contributed by atoms with Crippen LogP contribution in [0.5, 0.6) is 0 Å². The van der Waals surface area contributed by atoms with E-state index < -0.39 is 23.8 Å². The number of likely N-dealkylation sites (tertiary alicyclic amines) is 1. The SMILES string of the molecule is CCn1c2ccccc2c2cccc(NC(=O)C3CC(O)CN3C(=O)OC(C)(C)C)c21. The maximum atomic E-state index is 13.2. The molecule has 0 radical (unpaired) electrons. The van der Waals surface area contributed by atoms with Crippen LogP contribution in [0.25, 0.3) is 21.8 Å². The van der Waals surface area contributed by atoms with Gasteiger partial charge in [-0.05, 0) is 39.8 Å². The summed E-state index contributed by atoms with van der Waals surface area (Å²) in [6, 6.07) is 13.2. The van der Waals surface area contributed by atoms with E-state index in [1.807, 2.05) is 30.3 Å². The zero-order chi connectivity index (χ0) is 22.3. The number of nitrogens with one attached hydrogen (secondary N) is 1. The van der Waals surface area contributed by atoms with Crippen LogP contribution >= 0.6 is 0 Å². The number of nitrogens with zero attached hydrogens (tertiary/aromatic N) is 2. The van der Waals surface area contributed by atoms with Crippen LogP contribution in [-0.4, -0.2) is 50.9 Å². The molecule has 2 heterocycles. The molecule has 7 nitrogen and oxygen atoms in total. The minimum absolute atomic E-state index is 0.0758. The van der Waals surface area contributed by atoms with Crippen LogP contribution in [0.3, 0.4) is 0 Å². The second-order valence-electron chi connectivity index (χ2n) is 8.99. The van der Waals surface area contributed by atoms with Gasteiger partial charge in [0, 0.05) is 29.3 Å². The van der Waals surface area contributed by atoms with Crippen LogP contribution in [0.2, 0.25) is 0 Å². The number of para-hydroxylation sites is 2. The van der Waals surface area contributed by atoms with Crippen molar-refractivity contribution < 1.29 is 19.4 Å². The number of carbonyl (C=O) groups is 2. The van der Waals surface area contributed by atoms with Gasteiger partial charge in [0.1, 0.15) is 11.6 Å². The Labute approximate surface area is 181 Å². The maximum absolute atomic E-state index is 13.2. The molecule has 2 N–H and O–H groups in total. The number of carbonyl (C=O) groups excluding carboxylic acids is 2. The first-order valence-corrected chi connectivity index (χ1v) is 10.7. The number of ether oxygens (including phenoxy) is 1. The summed E-state index contributed by atoms with van der Waals surface area (Å²) in [6.07, 6.45) is -1.18. The second-order valence-corrected chi connectivity index (χ2v) is 8.99. The van der Waals surface area contributed by atoms with Crippen LogP contribution in [0.4, 0.5) is 10.5 Å². The highest BCUT2D eigenvalue weighted by atomic mass is 16.6. The monoisotopic (exact) mass is 423 g/mol. The lowest BCUT2D eigenvalue weighted by Gasteiger charge is -2.28. The molecular formula is C24H29N3O4. The molecule has 31 heavy (non-hydrogen) atoms. The Hall–Kier alpha value is -3.06. The van der Waals surface area contributed by atoms with E-state index in [1.54, 1.807) is 20.8 Å². The molecule has 0 saturated carbocycles. The van der Waals surface area contributed by atoms with Crippen molar-refractivity contribution in [1.29, 1.82) is 0 Å². The lowest BCUT2D eigenvalue weighted by molar-refractivity contribution is -0.120. The van der Waals surface area contributed by atoms with Gasteiger partial charge in [-0.25, -0.2) is 4.79 Å². The molecule has 2 amide bonds. The normalized spacial score (nSPS) is 19.2. The number of fused-ring (bicyclic) bond motifs is 3. The average Bonchev–Trinajstić information content (AvgIpc) is 3.25. The van der Waals surface area contributed by atoms with Gasteiger partial charge in [-0.3, -0.25) is 9.69 Å². The molecule has 2 unspecified atom stereocenters. The third kappa shape index (κ3) is 3.97. The van der Waals surface area contributed by atoms with E-state index in [-0.39, 0.29) is 18.9 Å². The summed E-state index contributed by atoms with van der Waals surface area (Å²) < 4.78 is 7.62. The molecule has 1 saturated heterocycles. The molecule has 7 heteroatoms. The molecule has 1 aromatic heterocycles. The standard InChI is InChI=1S/C24H29N3O4/c1-5-26-19-12-7-6-9-16(19)17-10-8-11-18(21(17)26)25-22(29)20-13-15(28)14-27(20)23(30)31-24(2,3)4/h6-12,15,20,28H,5,13-14H2,1-4H3,(H,25,29). The van der Waals surface area contributed by atoms with E-state index in [0.29, 0.717) is 5.69 Å². The van der Waals surface area contributed by atoms with Crippen LogP contribution in [0.15, 0.2) is 42.5 Å². The summed E-state index contributed by atoms with van der Waals surface area (Å²) in [5, 5.41) is 15.3. The highest BCUT2D eigenvalue weighted by Gasteiger charge is 2.41. The first-order chi connectivity index (χ1) is 14.7. The Morgan fingerprint density at radius 1 is 1.13 bits per heavy atom. The second kappa shape index (κ2) is 7.89. The first kappa shape index (κ1) is 21.2. The number of aliphatic hydroxyl groups is 1. The van der Waals surface area contributed by atoms with Gasteiger partial charge in [0.05, 0.1) is 23.9 Å². The molecule has 4 rings (SSSR count). The third-order valence-corrected chi connectivity index (χ3v) is 5.57. The molecule has 1 aliphatic rings. The summed E-state index contributed by atoms with van der Waals surface area (Å²) >= 11 is 0. The van der Waals surface area contributed by atoms with E-state index in [4.69, 9.17) is 4.74 Å². The topological polar surface area (TPSA) is 83.8 Å². The number of benzene rings is 2. The van der Waals surface area contributed by atoms with Gasteiger partial charge in [0.25, 0.3) is 0 Å². The quantitative estimate of drug-likeness (QED) is 0.664. The summed E-state index contributed by atoms with van der Waals surface area (Å²) in [6.45, 7) is 8.22. The summed E-state index contributed by atoms with van der Waals surface area (Å²) in [7, 11) is 0. The van der Waals surface area contributed by atoms with Gasteiger partial charge >= 0.3 is 6.09 Å². The lowest BCUT2D eigenvalue weighted by atomic mass is 10.1. The maximum Gasteiger partial charge on any atom is 0.411 e. The third-order valence-electron chi connectivity index (χ3n) is 5.57. The zero-order valence-corrected chi connectivity index (χ0v) is 18.4. The van der Waals surface area contributed by atoms with Crippen molar-refractivity contribution in [2.45, 2.75) is 58.4 Å². The van der Waals surface area contributed by atoms with Crippen molar-refractivity contribution in [2.24, 2.45) is 0 Å². The smallest absolute Gasteiger partial charge is 0.411 e. The van der Waals surface area contributed by atoms with Gasteiger partial charge < -0.3 is 19.7 Å². The molecular weight excluding hydrogens is 394 g/mol. The fraction of sp³-hybridized carbons (Fsp3) is 0.417. The minimum atomic E-state index is -0.792. The Morgan fingerprint density at radius 3 is 2.55 bits per heavy atom. The van der Waals surface area contributed by atoms with Crippen molar-refractivity contribution >= 4 is 39.5 Å². The molecule has 0 aliphatic carbocycles. The number of aryl methyl sites for hydroxylation is 1. The molecule has 1 aliphatic heterocycles. The molecule has 164 valence electrons. The highest BCUT2D eigenvalue weighted by Crippen LogP contribution is 2.34. The van der Waals surface area contributed by atoms with Gasteiger partial charge in [0.2, 0.25) is 5.91 Å². The van der Waals surface area contributed by atoms with Gasteiger partial charge in [-0.2, -0.15) is 0 Å². The minimum Gasteiger partial charge on any atom is -0.444 e. The van der Waals surface area contributed by atoms with Crippen LogP contribution in [0.1, 0.15) is 34.1 Å². The number of amides is 2. The van der Waals surface area contributed by atoms with Crippen molar-refractivity contribution in [2.75, 3.05) is 11.9 Å². The average molecular weight is 424 g/mol. The molecule has 3 aromatic rings. The van der Waals surface area contributed by atoms with E-state index in [0.717, 1.165) is 28.4 Å². The Bertz CT molecular complexity index is 1140. The van der Waals surface area contributed by atoms with Crippen molar-refractivity contribution in [1.82, 2.24) is 9.47 Å². The van der Waals surface area contributed by atoms with Crippen LogP contribution < -0.4 is 5.32 Å². The van der Waals surface area contributed by atoms with E-state index >= 15 is 0 Å². The predicted octanol–water partition coefficient (Wildman–Crippen LogP) is 4.12. The number of β-amino-alcohol motifs (C(OH)–C–C–N with tert-alkyl or cyclic N) is 1. The molecule has 2 aromatic carbocycles. The van der Waals surface area contributed by atoms with E-state index in [2.05, 4.69) is 28.9 Å². The fourth-order valence-corrected chi connectivity index (χ4v) is 4.34. The first-order valence-electron chi connectivity index (χ1n) is 10.7. The lowest BCUT2D eigenvalue weighted by Crippen LogP contribution is -2.45. The Kier molecular flexibility index (Phi) is 5.39. The highest BCUT2D eigenvalue weighted by molar-refractivity contribution is 6.14. The summed E-state index contributed by atoms with van der Waals surface area (Å²) in [5.41, 5.74) is 2.06. The summed E-state index contributed by atoms with van der Waals surface area (Å²) in [4.78, 5) is 27.2. The number of aliphatic hydroxyl groups excluding tert-OH is 1. The van der Waals surface area contributed by atoms with Gasteiger partial charge in [-0.1, -0.05) is 30.3 Å². The van der Waals surface area contributed by atoms with Crippen molar-refractivity contribution in [3.05, 3.63) is 42.5 Å². The van der Waals surface area contributed by atoms with Crippen molar-refractivity contribution in [3.8, 4) is 0 Å². The number of hydrogen-bond donors (Lipinski definition) is 2. The van der Waals surface area contributed by atoms with E-state index in [1.165, 1.54) is 4.90 Å². The van der Waals surface area contributed by atoms with Crippen LogP contribution in [-0.2, 0) is 16.1 Å². The van der Waals surface area contributed by atoms with Gasteiger partial charge in [0.15, 0.2) is 0 Å². The molecule has 2 atom stereocenters. The molecule has 0 bridgehead atoms. The largest absolute Gasteiger partial charge is 0.444 e. The number of rotatable bonds is 3. The number of anilines is 1. The molecule has 0 spiro atoms. The molecule has 1 fully saturated rings. The Balaban J connectivity index is 1.67. The predicted molar refractivity (Wildman–Crippen MR) is 121 cm³/mol. The van der Waals surface area contributed by atoms with E-state index in [9.17, 15) is 14.7 Å². The zero-order valence-electron chi connectivity index (χ0n) is 18.4.